The van der Waals surface area contributed by atoms with Gasteiger partial charge in [0.15, 0.2) is 0 Å². The lowest BCUT2D eigenvalue weighted by Crippen LogP contribution is -2.37. The van der Waals surface area contributed by atoms with Crippen LogP contribution < -0.4 is 11.1 Å². The highest BCUT2D eigenvalue weighted by Crippen LogP contribution is 2.19. The van der Waals surface area contributed by atoms with Crippen LogP contribution in [-0.2, 0) is 11.3 Å². The molecule has 1 rings (SSSR count). The topological polar surface area (TPSA) is 70.9 Å². The lowest BCUT2D eigenvalue weighted by Gasteiger charge is -2.22. The minimum atomic E-state index is -0.384. The number of H-pyrrole nitrogens is 1. The second kappa shape index (κ2) is 4.98. The van der Waals surface area contributed by atoms with Gasteiger partial charge in [-0.05, 0) is 24.6 Å². The second-order valence-electron chi connectivity index (χ2n) is 4.32. The fourth-order valence-electron chi connectivity index (χ4n) is 1.36. The van der Waals surface area contributed by atoms with Crippen LogP contribution in [0.5, 0.6) is 0 Å². The fourth-order valence-corrected chi connectivity index (χ4v) is 1.36. The van der Waals surface area contributed by atoms with Crippen molar-refractivity contribution in [1.82, 2.24) is 10.3 Å². The van der Waals surface area contributed by atoms with E-state index in [0.717, 1.165) is 5.56 Å². The Morgan fingerprint density at radius 1 is 1.60 bits per heavy atom. The summed E-state index contributed by atoms with van der Waals surface area (Å²) >= 11 is 0. The summed E-state index contributed by atoms with van der Waals surface area (Å²) in [5.41, 5.74) is 6.15. The maximum atomic E-state index is 11.8. The van der Waals surface area contributed by atoms with Gasteiger partial charge < -0.3 is 16.0 Å². The van der Waals surface area contributed by atoms with Crippen molar-refractivity contribution in [2.24, 2.45) is 11.1 Å². The zero-order valence-electron chi connectivity index (χ0n) is 9.34. The molecule has 0 aliphatic heterocycles. The highest BCUT2D eigenvalue weighted by molar-refractivity contribution is 5.81. The third-order valence-electron chi connectivity index (χ3n) is 2.50. The fraction of sp³-hybridized carbons (Fsp3) is 0.545. The highest BCUT2D eigenvalue weighted by Gasteiger charge is 2.25. The van der Waals surface area contributed by atoms with Crippen molar-refractivity contribution in [2.45, 2.75) is 26.8 Å². The third kappa shape index (κ3) is 3.40. The molecule has 0 aliphatic carbocycles. The van der Waals surface area contributed by atoms with Crippen LogP contribution in [0.25, 0.3) is 0 Å². The molecule has 4 N–H and O–H groups in total. The summed E-state index contributed by atoms with van der Waals surface area (Å²) < 4.78 is 0. The third-order valence-corrected chi connectivity index (χ3v) is 2.50. The SMILES string of the molecule is CC(C)(CCN)C(=O)NCc1cc[nH]c1. The van der Waals surface area contributed by atoms with E-state index in [4.69, 9.17) is 5.73 Å². The van der Waals surface area contributed by atoms with Gasteiger partial charge >= 0.3 is 0 Å². The Labute approximate surface area is 90.2 Å². The molecule has 15 heavy (non-hydrogen) atoms. The summed E-state index contributed by atoms with van der Waals surface area (Å²) in [5, 5.41) is 2.90. The molecule has 0 unspecified atom stereocenters. The van der Waals surface area contributed by atoms with Crippen molar-refractivity contribution in [3.8, 4) is 0 Å². The monoisotopic (exact) mass is 209 g/mol. The molecule has 0 bridgehead atoms. The molecular formula is C11H19N3O. The molecule has 0 saturated heterocycles. The summed E-state index contributed by atoms with van der Waals surface area (Å²) in [6.07, 6.45) is 4.41. The minimum Gasteiger partial charge on any atom is -0.367 e. The van der Waals surface area contributed by atoms with Crippen LogP contribution in [0, 0.1) is 5.41 Å². The average Bonchev–Trinajstić information content (AvgIpc) is 2.66. The van der Waals surface area contributed by atoms with Crippen LogP contribution in [0.15, 0.2) is 18.5 Å². The zero-order chi connectivity index (χ0) is 11.3. The molecule has 1 aromatic heterocycles. The first-order valence-electron chi connectivity index (χ1n) is 5.16. The number of rotatable bonds is 5. The number of nitrogens with two attached hydrogens (primary N) is 1. The molecule has 4 heteroatoms. The van der Waals surface area contributed by atoms with E-state index in [0.29, 0.717) is 19.5 Å². The summed E-state index contributed by atoms with van der Waals surface area (Å²) in [6, 6.07) is 1.94. The highest BCUT2D eigenvalue weighted by atomic mass is 16.2. The Hall–Kier alpha value is -1.29. The van der Waals surface area contributed by atoms with Crippen LogP contribution in [0.3, 0.4) is 0 Å². The molecule has 1 amide bonds. The van der Waals surface area contributed by atoms with Crippen LogP contribution in [-0.4, -0.2) is 17.4 Å². The van der Waals surface area contributed by atoms with Gasteiger partial charge in [0.25, 0.3) is 0 Å². The van der Waals surface area contributed by atoms with Crippen LogP contribution in [0.2, 0.25) is 0 Å². The molecule has 0 saturated carbocycles. The van der Waals surface area contributed by atoms with E-state index in [-0.39, 0.29) is 11.3 Å². The largest absolute Gasteiger partial charge is 0.367 e. The van der Waals surface area contributed by atoms with E-state index in [2.05, 4.69) is 10.3 Å². The first kappa shape index (κ1) is 11.8. The van der Waals surface area contributed by atoms with E-state index >= 15 is 0 Å². The number of amides is 1. The lowest BCUT2D eigenvalue weighted by molar-refractivity contribution is -0.129. The predicted octanol–water partition coefficient (Wildman–Crippen LogP) is 1.01. The number of carbonyl (C=O) groups excluding carboxylic acids is 1. The molecular weight excluding hydrogens is 190 g/mol. The van der Waals surface area contributed by atoms with Crippen LogP contribution >= 0.6 is 0 Å². The molecule has 1 aromatic rings. The molecule has 0 atom stereocenters. The summed E-state index contributed by atoms with van der Waals surface area (Å²) in [6.45, 7) is 4.92. The Morgan fingerprint density at radius 2 is 2.33 bits per heavy atom. The van der Waals surface area contributed by atoms with Crippen molar-refractivity contribution >= 4 is 5.91 Å². The number of carbonyl (C=O) groups is 1. The predicted molar refractivity (Wildman–Crippen MR) is 60.1 cm³/mol. The first-order chi connectivity index (χ1) is 7.06. The molecule has 0 aliphatic rings. The van der Waals surface area contributed by atoms with Crippen molar-refractivity contribution < 1.29 is 4.79 Å². The number of hydrogen-bond donors (Lipinski definition) is 3. The molecule has 0 radical (unpaired) electrons. The van der Waals surface area contributed by atoms with Gasteiger partial charge in [0.05, 0.1) is 0 Å². The average molecular weight is 209 g/mol. The number of aromatic amines is 1. The van der Waals surface area contributed by atoms with Gasteiger partial charge in [0, 0.05) is 24.4 Å². The number of nitrogens with one attached hydrogen (secondary N) is 2. The Kier molecular flexibility index (Phi) is 3.91. The van der Waals surface area contributed by atoms with Crippen LogP contribution in [0.4, 0.5) is 0 Å². The summed E-state index contributed by atoms with van der Waals surface area (Å²) in [5.74, 6) is 0.0501. The van der Waals surface area contributed by atoms with E-state index in [1.165, 1.54) is 0 Å². The standard InChI is InChI=1S/C11H19N3O/c1-11(2,4-5-12)10(15)14-8-9-3-6-13-7-9/h3,6-7,13H,4-5,8,12H2,1-2H3,(H,14,15). The first-order valence-corrected chi connectivity index (χ1v) is 5.16. The Morgan fingerprint density at radius 3 is 2.87 bits per heavy atom. The van der Waals surface area contributed by atoms with Crippen molar-refractivity contribution in [1.29, 1.82) is 0 Å². The van der Waals surface area contributed by atoms with Gasteiger partial charge in [-0.3, -0.25) is 4.79 Å². The maximum Gasteiger partial charge on any atom is 0.225 e. The van der Waals surface area contributed by atoms with Gasteiger partial charge in [0.1, 0.15) is 0 Å². The number of hydrogen-bond acceptors (Lipinski definition) is 2. The smallest absolute Gasteiger partial charge is 0.225 e. The minimum absolute atomic E-state index is 0.0501. The van der Waals surface area contributed by atoms with Crippen molar-refractivity contribution in [2.75, 3.05) is 6.54 Å². The van der Waals surface area contributed by atoms with Gasteiger partial charge in [-0.15, -0.1) is 0 Å². The van der Waals surface area contributed by atoms with E-state index in [1.54, 1.807) is 0 Å². The lowest BCUT2D eigenvalue weighted by atomic mass is 9.88. The molecule has 84 valence electrons. The van der Waals surface area contributed by atoms with Gasteiger partial charge in [-0.2, -0.15) is 0 Å². The number of aromatic nitrogens is 1. The molecule has 1 heterocycles. The summed E-state index contributed by atoms with van der Waals surface area (Å²) in [7, 11) is 0. The van der Waals surface area contributed by atoms with Crippen molar-refractivity contribution in [3.63, 3.8) is 0 Å². The van der Waals surface area contributed by atoms with E-state index in [9.17, 15) is 4.79 Å². The molecule has 4 nitrogen and oxygen atoms in total. The maximum absolute atomic E-state index is 11.8. The molecule has 0 fully saturated rings. The van der Waals surface area contributed by atoms with Gasteiger partial charge in [-0.25, -0.2) is 0 Å². The molecule has 0 aromatic carbocycles. The Bertz CT molecular complexity index is 304. The molecule has 0 spiro atoms. The van der Waals surface area contributed by atoms with E-state index < -0.39 is 0 Å². The quantitative estimate of drug-likeness (QED) is 0.677. The van der Waals surface area contributed by atoms with E-state index in [1.807, 2.05) is 32.3 Å². The van der Waals surface area contributed by atoms with Gasteiger partial charge in [0.2, 0.25) is 5.91 Å². The normalized spacial score (nSPS) is 11.4. The van der Waals surface area contributed by atoms with Crippen LogP contribution in [0.1, 0.15) is 25.8 Å². The zero-order valence-corrected chi connectivity index (χ0v) is 9.34. The summed E-state index contributed by atoms with van der Waals surface area (Å²) in [4.78, 5) is 14.7. The van der Waals surface area contributed by atoms with Gasteiger partial charge in [-0.1, -0.05) is 13.8 Å². The second-order valence-corrected chi connectivity index (χ2v) is 4.32. The van der Waals surface area contributed by atoms with Crippen molar-refractivity contribution in [3.05, 3.63) is 24.0 Å². The Balaban J connectivity index is 2.42.